The molecule has 0 fully saturated rings. The minimum atomic E-state index is -0.842. The van der Waals surface area contributed by atoms with E-state index in [2.05, 4.69) is 167 Å². The van der Waals surface area contributed by atoms with Gasteiger partial charge in [0, 0.05) is 12.8 Å². The van der Waals surface area contributed by atoms with E-state index in [1.165, 1.54) is 103 Å². The van der Waals surface area contributed by atoms with Gasteiger partial charge in [-0.3, -0.25) is 14.4 Å². The zero-order valence-electron chi connectivity index (χ0n) is 51.5. The van der Waals surface area contributed by atoms with E-state index < -0.39 is 12.1 Å². The zero-order chi connectivity index (χ0) is 57.8. The van der Waals surface area contributed by atoms with Crippen LogP contribution in [0.5, 0.6) is 0 Å². The highest BCUT2D eigenvalue weighted by molar-refractivity contribution is 5.72. The number of allylic oxidation sites excluding steroid dienone is 25. The molecule has 0 aromatic heterocycles. The van der Waals surface area contributed by atoms with E-state index in [4.69, 9.17) is 14.2 Å². The third kappa shape index (κ3) is 63.9. The van der Waals surface area contributed by atoms with Gasteiger partial charge < -0.3 is 14.2 Å². The van der Waals surface area contributed by atoms with E-state index in [0.29, 0.717) is 19.3 Å². The fourth-order valence-electron chi connectivity index (χ4n) is 8.49. The summed E-state index contributed by atoms with van der Waals surface area (Å²) in [6.07, 6.45) is 97.2. The molecule has 0 bridgehead atoms. The Balaban J connectivity index is 4.24. The van der Waals surface area contributed by atoms with E-state index in [-0.39, 0.29) is 31.6 Å². The monoisotopic (exact) mass is 1100 g/mol. The maximum Gasteiger partial charge on any atom is 0.310 e. The van der Waals surface area contributed by atoms with Crippen LogP contribution in [0.15, 0.2) is 158 Å². The van der Waals surface area contributed by atoms with Crippen molar-refractivity contribution in [1.82, 2.24) is 0 Å². The summed E-state index contributed by atoms with van der Waals surface area (Å²) in [7, 11) is 0. The van der Waals surface area contributed by atoms with Crippen LogP contribution >= 0.6 is 0 Å². The van der Waals surface area contributed by atoms with Gasteiger partial charge in [0.1, 0.15) is 13.2 Å². The Kier molecular flexibility index (Phi) is 62.4. The molecule has 6 nitrogen and oxygen atoms in total. The van der Waals surface area contributed by atoms with Gasteiger partial charge in [0.25, 0.3) is 0 Å². The predicted molar refractivity (Wildman–Crippen MR) is 348 cm³/mol. The molecule has 0 rings (SSSR count). The summed E-state index contributed by atoms with van der Waals surface area (Å²) in [4.78, 5) is 38.1. The highest BCUT2D eigenvalue weighted by atomic mass is 16.6. The van der Waals surface area contributed by atoms with Crippen LogP contribution in [0.25, 0.3) is 0 Å². The molecule has 0 aliphatic heterocycles. The Morgan fingerprint density at radius 1 is 0.275 bits per heavy atom. The van der Waals surface area contributed by atoms with Crippen molar-refractivity contribution in [1.29, 1.82) is 0 Å². The third-order valence-corrected chi connectivity index (χ3v) is 13.3. The summed E-state index contributed by atoms with van der Waals surface area (Å²) in [5.74, 6) is -1.07. The molecule has 0 saturated heterocycles. The molecule has 6 heteroatoms. The van der Waals surface area contributed by atoms with Gasteiger partial charge in [0.15, 0.2) is 6.10 Å². The van der Waals surface area contributed by atoms with Crippen molar-refractivity contribution in [2.75, 3.05) is 13.2 Å². The molecule has 0 aliphatic carbocycles. The Morgan fingerprint density at radius 2 is 0.525 bits per heavy atom. The van der Waals surface area contributed by atoms with Crippen molar-refractivity contribution in [3.05, 3.63) is 158 Å². The van der Waals surface area contributed by atoms with Crippen molar-refractivity contribution in [3.8, 4) is 0 Å². The Morgan fingerprint density at radius 3 is 0.838 bits per heavy atom. The fourth-order valence-corrected chi connectivity index (χ4v) is 8.49. The van der Waals surface area contributed by atoms with Gasteiger partial charge in [0.05, 0.1) is 6.42 Å². The molecule has 0 N–H and O–H groups in total. The molecular formula is C74H118O6. The van der Waals surface area contributed by atoms with Crippen LogP contribution in [-0.4, -0.2) is 37.2 Å². The summed E-state index contributed by atoms with van der Waals surface area (Å²) >= 11 is 0. The molecule has 0 saturated carbocycles. The van der Waals surface area contributed by atoms with E-state index >= 15 is 0 Å². The molecule has 0 aromatic rings. The van der Waals surface area contributed by atoms with Gasteiger partial charge >= 0.3 is 17.9 Å². The smallest absolute Gasteiger partial charge is 0.310 e. The van der Waals surface area contributed by atoms with Crippen molar-refractivity contribution in [3.63, 3.8) is 0 Å². The highest BCUT2D eigenvalue weighted by Crippen LogP contribution is 2.15. The Bertz CT molecular complexity index is 1790. The molecule has 0 amide bonds. The molecule has 0 radical (unpaired) electrons. The Labute approximate surface area is 492 Å². The molecule has 0 aromatic carbocycles. The van der Waals surface area contributed by atoms with Gasteiger partial charge in [0.2, 0.25) is 0 Å². The van der Waals surface area contributed by atoms with E-state index in [9.17, 15) is 14.4 Å². The van der Waals surface area contributed by atoms with Crippen LogP contribution in [0.1, 0.15) is 271 Å². The average molecular weight is 1100 g/mol. The predicted octanol–water partition coefficient (Wildman–Crippen LogP) is 22.5. The molecule has 0 aliphatic rings. The summed E-state index contributed by atoms with van der Waals surface area (Å²) < 4.78 is 16.8. The second kappa shape index (κ2) is 66.5. The van der Waals surface area contributed by atoms with E-state index in [0.717, 1.165) is 122 Å². The lowest BCUT2D eigenvalue weighted by molar-refractivity contribution is -0.166. The van der Waals surface area contributed by atoms with Crippen LogP contribution in [0.3, 0.4) is 0 Å². The van der Waals surface area contributed by atoms with Gasteiger partial charge in [-0.05, 0) is 128 Å². The van der Waals surface area contributed by atoms with E-state index in [1.54, 1.807) is 6.08 Å². The first-order valence-electron chi connectivity index (χ1n) is 32.5. The summed E-state index contributed by atoms with van der Waals surface area (Å²) in [5.41, 5.74) is 0. The number of unbranched alkanes of at least 4 members (excludes halogenated alkanes) is 21. The molecule has 0 spiro atoms. The SMILES string of the molecule is CC/C=C\C/C=C\C/C=C\C/C=C\C/C=C\C/C=C\C/C=C\CCCCCCCCCCCCCCCC(=O)OCC(COC(=O)CCCCCCC/C=C\CCCCC)OC(=O)C/C=C\C/C=C\C/C=C\C/C=C\C/C=C\CC. The van der Waals surface area contributed by atoms with Crippen molar-refractivity contribution < 1.29 is 28.6 Å². The van der Waals surface area contributed by atoms with Gasteiger partial charge in [-0.2, -0.15) is 0 Å². The van der Waals surface area contributed by atoms with Gasteiger partial charge in [-0.15, -0.1) is 0 Å². The molecule has 0 heterocycles. The minimum Gasteiger partial charge on any atom is -0.462 e. The Hall–Kier alpha value is -4.97. The first-order chi connectivity index (χ1) is 39.5. The first kappa shape index (κ1) is 75.0. The normalized spacial score (nSPS) is 13.2. The van der Waals surface area contributed by atoms with Crippen LogP contribution in [0, 0.1) is 0 Å². The number of ether oxygens (including phenoxy) is 3. The topological polar surface area (TPSA) is 78.9 Å². The third-order valence-electron chi connectivity index (χ3n) is 13.3. The van der Waals surface area contributed by atoms with Crippen molar-refractivity contribution in [2.24, 2.45) is 0 Å². The standard InChI is InChI=1S/C74H118O6/c1-4-7-10-13-16-19-22-25-27-28-29-30-31-32-33-34-35-36-37-38-39-40-41-42-43-44-45-46-48-49-52-55-58-61-64-67-73(76)79-70-71(69-78-72(75)66-63-60-57-54-51-24-21-18-15-12-9-6-3)80-74(77)68-65-62-59-56-53-50-47-26-23-20-17-14-11-8-5-2/h7-8,10-11,16-21,25-27,29-30,32-33,35-36,38-39,47,53,56,62,65,71H,4-6,9,12-15,22-24,28,31,34,37,40-46,48-52,54-55,57-61,63-64,66-70H2,1-3H3/b10-7-,11-8-,19-16-,20-17-,21-18-,27-25-,30-29-,33-32-,36-35-,39-38-,47-26-,56-53-,65-62-. The quantitative estimate of drug-likeness (QED) is 0.0261. The van der Waals surface area contributed by atoms with Crippen molar-refractivity contribution >= 4 is 17.9 Å². The van der Waals surface area contributed by atoms with Crippen LogP contribution in [-0.2, 0) is 28.6 Å². The van der Waals surface area contributed by atoms with Gasteiger partial charge in [-0.1, -0.05) is 281 Å². The second-order valence-electron chi connectivity index (χ2n) is 20.9. The number of rotatable bonds is 57. The molecule has 450 valence electrons. The largest absolute Gasteiger partial charge is 0.462 e. The lowest BCUT2D eigenvalue weighted by Crippen LogP contribution is -2.30. The number of hydrogen-bond acceptors (Lipinski definition) is 6. The summed E-state index contributed by atoms with van der Waals surface area (Å²) in [6, 6.07) is 0. The molecule has 1 unspecified atom stereocenters. The highest BCUT2D eigenvalue weighted by Gasteiger charge is 2.19. The van der Waals surface area contributed by atoms with Crippen LogP contribution < -0.4 is 0 Å². The second-order valence-corrected chi connectivity index (χ2v) is 20.9. The minimum absolute atomic E-state index is 0.0901. The number of carbonyl (C=O) groups is 3. The zero-order valence-corrected chi connectivity index (χ0v) is 51.5. The summed E-state index contributed by atoms with van der Waals surface area (Å²) in [6.45, 7) is 6.29. The number of hydrogen-bond donors (Lipinski definition) is 0. The van der Waals surface area contributed by atoms with Crippen LogP contribution in [0.2, 0.25) is 0 Å². The first-order valence-corrected chi connectivity index (χ1v) is 32.5. The fraction of sp³-hybridized carbons (Fsp3) is 0.608. The van der Waals surface area contributed by atoms with Gasteiger partial charge in [-0.25, -0.2) is 0 Å². The van der Waals surface area contributed by atoms with Crippen LogP contribution in [0.4, 0.5) is 0 Å². The number of esters is 3. The molecule has 80 heavy (non-hydrogen) atoms. The molecular weight excluding hydrogens is 985 g/mol. The maximum atomic E-state index is 12.8. The summed E-state index contributed by atoms with van der Waals surface area (Å²) in [5, 5.41) is 0. The maximum absolute atomic E-state index is 12.8. The average Bonchev–Trinajstić information content (AvgIpc) is 3.46. The van der Waals surface area contributed by atoms with E-state index in [1.807, 2.05) is 6.08 Å². The molecule has 1 atom stereocenters. The number of carbonyl (C=O) groups excluding carboxylic acids is 3. The lowest BCUT2D eigenvalue weighted by Gasteiger charge is -2.18. The lowest BCUT2D eigenvalue weighted by atomic mass is 10.0. The van der Waals surface area contributed by atoms with Crippen molar-refractivity contribution in [2.45, 2.75) is 277 Å².